The Labute approximate surface area is 197 Å². The first-order valence-electron chi connectivity index (χ1n) is 10.4. The Kier molecular flexibility index (Phi) is 7.42. The SMILES string of the molecule is CCOC(=O)C1=C(CSc2nc(C)c(C)c(C)c2C#N)OC(N)=C(C#N)C1c1ccccc1. The highest BCUT2D eigenvalue weighted by molar-refractivity contribution is 7.99. The average Bonchev–Trinajstić information content (AvgIpc) is 2.81. The standard InChI is InChI=1S/C25H24N4O3S/c1-5-31-25(30)22-20(13-33-24-18(11-26)15(3)14(2)16(4)29-24)32-23(28)19(12-27)21(22)17-9-7-6-8-10-17/h6-10,21H,5,13,28H2,1-4H3. The lowest BCUT2D eigenvalue weighted by Gasteiger charge is -2.28. The van der Waals surface area contributed by atoms with Crippen molar-refractivity contribution in [3.05, 3.63) is 81.1 Å². The highest BCUT2D eigenvalue weighted by atomic mass is 32.2. The number of benzene rings is 1. The number of aryl methyl sites for hydroxylation is 1. The minimum atomic E-state index is -0.718. The van der Waals surface area contributed by atoms with Crippen LogP contribution in [0, 0.1) is 43.4 Å². The molecule has 0 saturated carbocycles. The Morgan fingerprint density at radius 2 is 1.88 bits per heavy atom. The number of pyridine rings is 1. The fourth-order valence-corrected chi connectivity index (χ4v) is 4.64. The smallest absolute Gasteiger partial charge is 0.338 e. The van der Waals surface area contributed by atoms with E-state index in [0.717, 1.165) is 22.4 Å². The van der Waals surface area contributed by atoms with E-state index in [1.807, 2.05) is 51.1 Å². The third-order valence-electron chi connectivity index (χ3n) is 5.54. The van der Waals surface area contributed by atoms with Crippen LogP contribution in [-0.2, 0) is 14.3 Å². The Hall–Kier alpha value is -3.75. The number of ether oxygens (including phenoxy) is 2. The lowest BCUT2D eigenvalue weighted by molar-refractivity contribution is -0.139. The Balaban J connectivity index is 2.11. The van der Waals surface area contributed by atoms with Crippen LogP contribution in [0.3, 0.4) is 0 Å². The van der Waals surface area contributed by atoms with Crippen LogP contribution in [-0.4, -0.2) is 23.3 Å². The normalized spacial score (nSPS) is 15.5. The molecule has 0 radical (unpaired) electrons. The minimum Gasteiger partial charge on any atom is -0.463 e. The van der Waals surface area contributed by atoms with E-state index in [-0.39, 0.29) is 35.1 Å². The first-order chi connectivity index (χ1) is 15.8. The molecule has 1 aliphatic rings. The maximum absolute atomic E-state index is 13.0. The van der Waals surface area contributed by atoms with Gasteiger partial charge < -0.3 is 15.2 Å². The molecule has 0 saturated heterocycles. The molecule has 0 spiro atoms. The molecule has 8 heteroatoms. The van der Waals surface area contributed by atoms with Crippen molar-refractivity contribution in [3.8, 4) is 12.1 Å². The number of nitrogens with zero attached hydrogens (tertiary/aromatic N) is 3. The monoisotopic (exact) mass is 460 g/mol. The minimum absolute atomic E-state index is 0.0558. The molecule has 1 aliphatic heterocycles. The molecular formula is C25H24N4O3S. The number of nitriles is 2. The zero-order valence-corrected chi connectivity index (χ0v) is 19.7. The summed E-state index contributed by atoms with van der Waals surface area (Å²) in [5.74, 6) is -0.887. The summed E-state index contributed by atoms with van der Waals surface area (Å²) in [6.45, 7) is 7.59. The highest BCUT2D eigenvalue weighted by Gasteiger charge is 2.37. The van der Waals surface area contributed by atoms with Gasteiger partial charge in [0.15, 0.2) is 0 Å². The van der Waals surface area contributed by atoms with Gasteiger partial charge in [-0.05, 0) is 44.4 Å². The summed E-state index contributed by atoms with van der Waals surface area (Å²) in [7, 11) is 0. The highest BCUT2D eigenvalue weighted by Crippen LogP contribution is 2.41. The second kappa shape index (κ2) is 10.2. The largest absolute Gasteiger partial charge is 0.463 e. The quantitative estimate of drug-likeness (QED) is 0.500. The molecule has 2 N–H and O–H groups in total. The summed E-state index contributed by atoms with van der Waals surface area (Å²) >= 11 is 1.28. The van der Waals surface area contributed by atoms with Crippen molar-refractivity contribution >= 4 is 17.7 Å². The molecule has 33 heavy (non-hydrogen) atoms. The van der Waals surface area contributed by atoms with Crippen LogP contribution in [0.2, 0.25) is 0 Å². The molecule has 1 aromatic heterocycles. The second-order valence-corrected chi connectivity index (χ2v) is 8.38. The van der Waals surface area contributed by atoms with Gasteiger partial charge in [0.25, 0.3) is 0 Å². The van der Waals surface area contributed by atoms with Crippen molar-refractivity contribution in [1.29, 1.82) is 10.5 Å². The lowest BCUT2D eigenvalue weighted by atomic mass is 9.83. The predicted molar refractivity (Wildman–Crippen MR) is 125 cm³/mol. The lowest BCUT2D eigenvalue weighted by Crippen LogP contribution is -2.27. The number of rotatable bonds is 6. The van der Waals surface area contributed by atoms with Gasteiger partial charge in [0.05, 0.1) is 29.4 Å². The summed E-state index contributed by atoms with van der Waals surface area (Å²) in [4.78, 5) is 17.6. The van der Waals surface area contributed by atoms with Gasteiger partial charge in [0.1, 0.15) is 28.5 Å². The third kappa shape index (κ3) is 4.72. The van der Waals surface area contributed by atoms with Gasteiger partial charge in [-0.3, -0.25) is 0 Å². The Morgan fingerprint density at radius 3 is 2.48 bits per heavy atom. The summed E-state index contributed by atoms with van der Waals surface area (Å²) in [5, 5.41) is 20.0. The van der Waals surface area contributed by atoms with Crippen LogP contribution < -0.4 is 5.73 Å². The van der Waals surface area contributed by atoms with Crippen molar-refractivity contribution in [3.63, 3.8) is 0 Å². The molecule has 168 valence electrons. The molecule has 0 aliphatic carbocycles. The molecule has 2 aromatic rings. The molecule has 0 bridgehead atoms. The number of carbonyl (C=O) groups is 1. The molecule has 1 aromatic carbocycles. The van der Waals surface area contributed by atoms with Gasteiger partial charge in [-0.15, -0.1) is 0 Å². The zero-order chi connectivity index (χ0) is 24.1. The average molecular weight is 461 g/mol. The van der Waals surface area contributed by atoms with Gasteiger partial charge >= 0.3 is 5.97 Å². The molecule has 1 atom stereocenters. The number of nitrogens with two attached hydrogens (primary N) is 1. The molecule has 2 heterocycles. The Bertz CT molecular complexity index is 1240. The second-order valence-electron chi connectivity index (χ2n) is 7.42. The first kappa shape index (κ1) is 23.9. The van der Waals surface area contributed by atoms with Crippen LogP contribution in [0.5, 0.6) is 0 Å². The van der Waals surface area contributed by atoms with E-state index >= 15 is 0 Å². The number of hydrogen-bond acceptors (Lipinski definition) is 8. The maximum atomic E-state index is 13.0. The number of aromatic nitrogens is 1. The van der Waals surface area contributed by atoms with E-state index in [1.165, 1.54) is 11.8 Å². The van der Waals surface area contributed by atoms with E-state index in [1.54, 1.807) is 6.92 Å². The van der Waals surface area contributed by atoms with Crippen LogP contribution >= 0.6 is 11.8 Å². The number of esters is 1. The summed E-state index contributed by atoms with van der Waals surface area (Å²) in [5.41, 5.74) is 10.3. The fraction of sp³-hybridized carbons (Fsp3) is 0.280. The van der Waals surface area contributed by atoms with Crippen molar-refractivity contribution in [2.45, 2.75) is 38.6 Å². The van der Waals surface area contributed by atoms with Gasteiger partial charge in [-0.1, -0.05) is 42.1 Å². The van der Waals surface area contributed by atoms with Crippen molar-refractivity contribution in [2.75, 3.05) is 12.4 Å². The summed E-state index contributed by atoms with van der Waals surface area (Å²) < 4.78 is 11.1. The van der Waals surface area contributed by atoms with E-state index in [9.17, 15) is 15.3 Å². The number of carbonyl (C=O) groups excluding carboxylic acids is 1. The Morgan fingerprint density at radius 1 is 1.18 bits per heavy atom. The van der Waals surface area contributed by atoms with Crippen molar-refractivity contribution in [1.82, 2.24) is 4.98 Å². The molecule has 3 rings (SSSR count). The van der Waals surface area contributed by atoms with Crippen molar-refractivity contribution < 1.29 is 14.3 Å². The van der Waals surface area contributed by atoms with E-state index in [0.29, 0.717) is 10.6 Å². The summed E-state index contributed by atoms with van der Waals surface area (Å²) in [6.07, 6.45) is 0. The van der Waals surface area contributed by atoms with Gasteiger partial charge in [-0.25, -0.2) is 9.78 Å². The van der Waals surface area contributed by atoms with Gasteiger partial charge in [-0.2, -0.15) is 10.5 Å². The summed E-state index contributed by atoms with van der Waals surface area (Å²) in [6, 6.07) is 13.5. The first-order valence-corrected chi connectivity index (χ1v) is 11.4. The van der Waals surface area contributed by atoms with E-state index in [2.05, 4.69) is 17.1 Å². The molecular weight excluding hydrogens is 436 g/mol. The van der Waals surface area contributed by atoms with Crippen LogP contribution in [0.15, 0.2) is 58.1 Å². The molecule has 0 amide bonds. The van der Waals surface area contributed by atoms with Crippen LogP contribution in [0.1, 0.15) is 40.8 Å². The van der Waals surface area contributed by atoms with Crippen LogP contribution in [0.25, 0.3) is 0 Å². The number of hydrogen-bond donors (Lipinski definition) is 1. The van der Waals surface area contributed by atoms with Gasteiger partial charge in [0, 0.05) is 5.69 Å². The maximum Gasteiger partial charge on any atom is 0.338 e. The molecule has 7 nitrogen and oxygen atoms in total. The van der Waals surface area contributed by atoms with Crippen LogP contribution in [0.4, 0.5) is 0 Å². The van der Waals surface area contributed by atoms with Crippen molar-refractivity contribution in [2.24, 2.45) is 5.73 Å². The molecule has 1 unspecified atom stereocenters. The zero-order valence-electron chi connectivity index (χ0n) is 18.9. The van der Waals surface area contributed by atoms with Gasteiger partial charge in [0.2, 0.25) is 5.88 Å². The van der Waals surface area contributed by atoms with E-state index < -0.39 is 11.9 Å². The molecule has 0 fully saturated rings. The number of allylic oxidation sites excluding steroid dienone is 1. The number of thioether (sulfide) groups is 1. The fourth-order valence-electron chi connectivity index (χ4n) is 3.62. The third-order valence-corrected chi connectivity index (χ3v) is 6.52. The topological polar surface area (TPSA) is 122 Å². The van der Waals surface area contributed by atoms with E-state index in [4.69, 9.17) is 15.2 Å². The predicted octanol–water partition coefficient (Wildman–Crippen LogP) is 4.30.